The number of nitrogens with one attached hydrogen (secondary N) is 3. The van der Waals surface area contributed by atoms with E-state index in [0.717, 1.165) is 17.1 Å². The second-order valence-electron chi connectivity index (χ2n) is 21.2. The minimum Gasteiger partial charge on any atom is -0.479 e. The molecule has 2 aliphatic heterocycles. The number of rotatable bonds is 54. The van der Waals surface area contributed by atoms with Gasteiger partial charge in [-0.2, -0.15) is 0 Å². The third-order valence-electron chi connectivity index (χ3n) is 14.1. The molecule has 36 nitrogen and oxygen atoms in total. The van der Waals surface area contributed by atoms with Gasteiger partial charge in [-0.15, -0.1) is 0 Å². The number of carbonyl (C=O) groups is 6. The standard InChI is InChI=1S/C57H95N5O31/c63-32-35-5-6-42(92-57-53(80)51(78)52(79)54(93-57)56(82)83)36(28-35)60-55(81)37(59-44(71)4-2-1-3-10-62-45(72)7-8-46(62)73)29-58-43(70)9-12-84-14-16-86-18-20-88-22-24-90-26-27-91-25-23-89-21-19-87-17-15-85-13-11-61(30-38(66)47(74)49(76)40(68)33-64)31-39(67)48(75)50(77)41(69)34-65/h5-8,28,37-41,47-54,57,63-69,74-80H,1-4,9-27,29-34H2,(H,58,70)(H,59,71)(H,60,81)(H,82,83)/t37?,38-,39-,40+,41+,47+,48+,49+,50+,51-,52-,53+,54-,57+/m0/s1. The zero-order chi connectivity index (χ0) is 68.7. The van der Waals surface area contributed by atoms with Gasteiger partial charge in [-0.3, -0.25) is 33.8 Å². The largest absolute Gasteiger partial charge is 0.479 e. The van der Waals surface area contributed by atoms with E-state index in [-0.39, 0.29) is 109 Å². The van der Waals surface area contributed by atoms with E-state index in [1.54, 1.807) is 0 Å². The third-order valence-corrected chi connectivity index (χ3v) is 14.1. The first-order valence-electron chi connectivity index (χ1n) is 30.3. The molecule has 3 rings (SSSR count). The Kier molecular flexibility index (Phi) is 41.3. The van der Waals surface area contributed by atoms with Gasteiger partial charge < -0.3 is 140 Å². The van der Waals surface area contributed by atoms with Gasteiger partial charge in [0, 0.05) is 57.7 Å². The number of amides is 5. The molecule has 2 heterocycles. The maximum atomic E-state index is 13.9. The molecule has 0 bridgehead atoms. The quantitative estimate of drug-likeness (QED) is 0.0213. The Labute approximate surface area is 536 Å². The summed E-state index contributed by atoms with van der Waals surface area (Å²) >= 11 is 0. The first-order chi connectivity index (χ1) is 44.5. The van der Waals surface area contributed by atoms with Crippen LogP contribution in [-0.2, 0) is 78.0 Å². The molecule has 5 amide bonds. The first kappa shape index (κ1) is 82.1. The lowest BCUT2D eigenvalue weighted by molar-refractivity contribution is -0.271. The number of hydrogen-bond donors (Lipinski definition) is 18. The summed E-state index contributed by atoms with van der Waals surface area (Å²) < 4.78 is 54.8. The summed E-state index contributed by atoms with van der Waals surface area (Å²) in [7, 11) is 0. The minimum atomic E-state index is -2.01. The van der Waals surface area contributed by atoms with Crippen molar-refractivity contribution < 1.29 is 153 Å². The van der Waals surface area contributed by atoms with E-state index in [0.29, 0.717) is 58.9 Å². The molecule has 0 aliphatic carbocycles. The fraction of sp³-hybridized carbons (Fsp3) is 0.754. The number of anilines is 1. The van der Waals surface area contributed by atoms with E-state index in [1.807, 2.05) is 0 Å². The van der Waals surface area contributed by atoms with E-state index in [1.165, 1.54) is 23.1 Å². The van der Waals surface area contributed by atoms with Crippen LogP contribution in [-0.4, -0.2) is 359 Å². The molecule has 0 aromatic heterocycles. The highest BCUT2D eigenvalue weighted by atomic mass is 16.7. The van der Waals surface area contributed by atoms with Crippen molar-refractivity contribution in [3.63, 3.8) is 0 Å². The summed E-state index contributed by atoms with van der Waals surface area (Å²) in [5.74, 6) is -4.82. The number of nitrogens with zero attached hydrogens (tertiary/aromatic N) is 2. The van der Waals surface area contributed by atoms with Gasteiger partial charge in [0.2, 0.25) is 24.0 Å². The van der Waals surface area contributed by atoms with E-state index in [4.69, 9.17) is 57.6 Å². The Bertz CT molecular complexity index is 2290. The molecule has 1 fully saturated rings. The van der Waals surface area contributed by atoms with Crippen LogP contribution in [0, 0.1) is 0 Å². The normalized spacial score (nSPS) is 20.4. The van der Waals surface area contributed by atoms with Gasteiger partial charge in [0.15, 0.2) is 6.10 Å². The highest BCUT2D eigenvalue weighted by molar-refractivity contribution is 6.12. The van der Waals surface area contributed by atoms with E-state index >= 15 is 0 Å². The van der Waals surface area contributed by atoms with Gasteiger partial charge in [-0.05, 0) is 30.5 Å². The van der Waals surface area contributed by atoms with Gasteiger partial charge in [0.25, 0.3) is 11.8 Å². The SMILES string of the molecule is O=C(CCOCCOCCOCCOCCOCCOCCOCCOCCN(C[C@H](O)[C@@H](O)[C@H](O)[C@H](O)CO)C[C@H](O)[C@@H](O)[C@H](O)[C@H](O)CO)NCC(NC(=O)CCCCCN1C(=O)C=CC1=O)C(=O)Nc1cc(CO)ccc1O[C@@H]1O[C@H](C(=O)O)[C@@H](O)[C@H](O)[C@H]1O. The average Bonchev–Trinajstić information content (AvgIpc) is 1.36. The van der Waals surface area contributed by atoms with Crippen molar-refractivity contribution in [1.82, 2.24) is 20.4 Å². The van der Waals surface area contributed by atoms with Crippen LogP contribution < -0.4 is 20.7 Å². The Hall–Kier alpha value is -5.18. The molecular weight excluding hydrogens is 1250 g/mol. The number of aliphatic hydroxyl groups is 14. The molecule has 534 valence electrons. The topological polar surface area (TPSA) is 541 Å². The number of carbonyl (C=O) groups excluding carboxylic acids is 5. The lowest BCUT2D eigenvalue weighted by Crippen LogP contribution is -2.61. The van der Waals surface area contributed by atoms with Crippen molar-refractivity contribution >= 4 is 41.2 Å². The van der Waals surface area contributed by atoms with Crippen LogP contribution >= 0.6 is 0 Å². The molecule has 0 saturated carbocycles. The van der Waals surface area contributed by atoms with Gasteiger partial charge in [-0.25, -0.2) is 4.79 Å². The Morgan fingerprint density at radius 2 is 1.02 bits per heavy atom. The number of unbranched alkanes of at least 4 members (excludes halogenated alkanes) is 2. The average molecular weight is 1350 g/mol. The number of ether oxygens (including phenoxy) is 10. The van der Waals surface area contributed by atoms with Crippen molar-refractivity contribution in [2.45, 2.75) is 124 Å². The lowest BCUT2D eigenvalue weighted by Gasteiger charge is -2.38. The molecule has 1 aromatic rings. The Balaban J connectivity index is 1.26. The summed E-state index contributed by atoms with van der Waals surface area (Å²) in [5.41, 5.74) is 0.0905. The number of hydrogen-bond acceptors (Lipinski definition) is 31. The fourth-order valence-corrected chi connectivity index (χ4v) is 8.66. The Morgan fingerprint density at radius 1 is 0.559 bits per heavy atom. The summed E-state index contributed by atoms with van der Waals surface area (Å²) in [5, 5.41) is 157. The van der Waals surface area contributed by atoms with Crippen LogP contribution in [0.4, 0.5) is 5.69 Å². The molecule has 1 saturated heterocycles. The monoisotopic (exact) mass is 1350 g/mol. The lowest BCUT2D eigenvalue weighted by atomic mass is 9.99. The smallest absolute Gasteiger partial charge is 0.335 e. The maximum Gasteiger partial charge on any atom is 0.335 e. The number of carboxylic acids is 1. The molecule has 2 aliphatic rings. The van der Waals surface area contributed by atoms with E-state index in [9.17, 15) is 95.2 Å². The van der Waals surface area contributed by atoms with Crippen molar-refractivity contribution in [3.8, 4) is 5.75 Å². The summed E-state index contributed by atoms with van der Waals surface area (Å²) in [6.45, 7) is -0.0677. The molecule has 0 spiro atoms. The van der Waals surface area contributed by atoms with Gasteiger partial charge >= 0.3 is 5.97 Å². The Morgan fingerprint density at radius 3 is 1.48 bits per heavy atom. The van der Waals surface area contributed by atoms with Crippen LogP contribution in [0.2, 0.25) is 0 Å². The number of imide groups is 1. The number of aliphatic hydroxyl groups excluding tert-OH is 14. The van der Waals surface area contributed by atoms with Crippen LogP contribution in [0.1, 0.15) is 37.7 Å². The van der Waals surface area contributed by atoms with Gasteiger partial charge in [0.1, 0.15) is 66.7 Å². The van der Waals surface area contributed by atoms with E-state index < -0.39 is 161 Å². The third kappa shape index (κ3) is 31.5. The van der Waals surface area contributed by atoms with Crippen molar-refractivity contribution in [2.24, 2.45) is 0 Å². The van der Waals surface area contributed by atoms with Gasteiger partial charge in [-0.1, -0.05) is 12.5 Å². The van der Waals surface area contributed by atoms with Crippen LogP contribution in [0.25, 0.3) is 0 Å². The molecule has 36 heteroatoms. The first-order valence-corrected chi connectivity index (χ1v) is 30.3. The minimum absolute atomic E-state index is 0.00503. The number of aliphatic carboxylic acids is 1. The zero-order valence-corrected chi connectivity index (χ0v) is 51.6. The van der Waals surface area contributed by atoms with Crippen LogP contribution in [0.3, 0.4) is 0 Å². The summed E-state index contributed by atoms with van der Waals surface area (Å²) in [6.07, 6.45) is -21.2. The molecule has 14 atom stereocenters. The molecule has 93 heavy (non-hydrogen) atoms. The number of carboxylic acid groups (broad SMARTS) is 1. The van der Waals surface area contributed by atoms with Crippen LogP contribution in [0.5, 0.6) is 5.75 Å². The fourth-order valence-electron chi connectivity index (χ4n) is 8.66. The molecule has 1 unspecified atom stereocenters. The van der Waals surface area contributed by atoms with Crippen molar-refractivity contribution in [2.75, 3.05) is 157 Å². The molecule has 1 aromatic carbocycles. The zero-order valence-electron chi connectivity index (χ0n) is 51.6. The number of benzene rings is 1. The highest BCUT2D eigenvalue weighted by Crippen LogP contribution is 2.31. The van der Waals surface area contributed by atoms with Crippen molar-refractivity contribution in [3.05, 3.63) is 35.9 Å². The second-order valence-corrected chi connectivity index (χ2v) is 21.2. The van der Waals surface area contributed by atoms with Crippen LogP contribution in [0.15, 0.2) is 30.4 Å². The molecule has 0 radical (unpaired) electrons. The molecular formula is C57H95N5O31. The predicted molar refractivity (Wildman–Crippen MR) is 315 cm³/mol. The summed E-state index contributed by atoms with van der Waals surface area (Å²) in [4.78, 5) is 77.7. The predicted octanol–water partition coefficient (Wildman–Crippen LogP) is -8.83. The van der Waals surface area contributed by atoms with E-state index in [2.05, 4.69) is 16.0 Å². The second kappa shape index (κ2) is 46.9. The summed E-state index contributed by atoms with van der Waals surface area (Å²) in [6, 6.07) is 2.46. The highest BCUT2D eigenvalue weighted by Gasteiger charge is 2.48. The van der Waals surface area contributed by atoms with Gasteiger partial charge in [0.05, 0.1) is 143 Å². The molecule has 18 N–H and O–H groups in total. The van der Waals surface area contributed by atoms with Crippen molar-refractivity contribution in [1.29, 1.82) is 0 Å². The maximum absolute atomic E-state index is 13.9.